The lowest BCUT2D eigenvalue weighted by Gasteiger charge is -2.36. The number of sulfonamides is 1. The van der Waals surface area contributed by atoms with E-state index in [1.165, 1.54) is 16.8 Å². The van der Waals surface area contributed by atoms with Crippen molar-refractivity contribution in [1.82, 2.24) is 14.9 Å². The maximum atomic E-state index is 12.4. The van der Waals surface area contributed by atoms with Gasteiger partial charge < -0.3 is 29.9 Å². The molecule has 0 bridgehead atoms. The predicted molar refractivity (Wildman–Crippen MR) is 157 cm³/mol. The molecular weight excluding hydrogens is 554 g/mol. The van der Waals surface area contributed by atoms with Gasteiger partial charge in [-0.25, -0.2) is 13.4 Å². The maximum absolute atomic E-state index is 12.4. The second-order valence-corrected chi connectivity index (χ2v) is 12.7. The van der Waals surface area contributed by atoms with E-state index in [4.69, 9.17) is 21.1 Å². The number of nitrogens with zero attached hydrogens (tertiary/aromatic N) is 5. The third-order valence-corrected chi connectivity index (χ3v) is 9.07. The number of hydrogen-bond donors (Lipinski definition) is 2. The van der Waals surface area contributed by atoms with Gasteiger partial charge in [0.15, 0.2) is 17.3 Å². The average molecular weight is 586 g/mol. The summed E-state index contributed by atoms with van der Waals surface area (Å²) in [6.45, 7) is 2.43. The molecule has 0 spiro atoms. The largest absolute Gasteiger partial charge is 0.451 e. The van der Waals surface area contributed by atoms with Crippen molar-refractivity contribution >= 4 is 56.1 Å². The van der Waals surface area contributed by atoms with E-state index in [1.807, 2.05) is 30.3 Å². The molecular formula is C27H32ClN7O4S. The Bertz CT molecular complexity index is 1540. The van der Waals surface area contributed by atoms with Crippen LogP contribution in [0.25, 0.3) is 0 Å². The molecule has 3 aliphatic rings. The molecule has 3 aromatic rings. The SMILES string of the molecule is CN(C)C1CCN(c2ccc(Nc3ncc(Cl)c(Nc4cccc5c4N(S(C)(=O)=O)CC5)n3)c3c2OCO3)CC1. The number of ether oxygens (including phenoxy) is 2. The molecule has 212 valence electrons. The van der Waals surface area contributed by atoms with Crippen LogP contribution in [0, 0.1) is 0 Å². The van der Waals surface area contributed by atoms with E-state index in [2.05, 4.69) is 44.5 Å². The highest BCUT2D eigenvalue weighted by Crippen LogP contribution is 2.47. The molecule has 0 saturated carbocycles. The van der Waals surface area contributed by atoms with Crippen molar-refractivity contribution in [2.75, 3.05) is 66.6 Å². The molecule has 0 amide bonds. The van der Waals surface area contributed by atoms with Crippen LogP contribution < -0.4 is 29.3 Å². The van der Waals surface area contributed by atoms with Crippen LogP contribution in [-0.4, -0.2) is 76.1 Å². The molecule has 40 heavy (non-hydrogen) atoms. The van der Waals surface area contributed by atoms with Crippen LogP contribution in [-0.2, 0) is 16.4 Å². The van der Waals surface area contributed by atoms with Gasteiger partial charge in [-0.1, -0.05) is 23.7 Å². The van der Waals surface area contributed by atoms with E-state index < -0.39 is 10.0 Å². The predicted octanol–water partition coefficient (Wildman–Crippen LogP) is 4.20. The number of para-hydroxylation sites is 1. The van der Waals surface area contributed by atoms with Gasteiger partial charge in [0.25, 0.3) is 0 Å². The summed E-state index contributed by atoms with van der Waals surface area (Å²) in [6.07, 6.45) is 5.52. The van der Waals surface area contributed by atoms with E-state index in [1.54, 1.807) is 0 Å². The Balaban J connectivity index is 1.25. The lowest BCUT2D eigenvalue weighted by atomic mass is 10.0. The lowest BCUT2D eigenvalue weighted by Crippen LogP contribution is -2.42. The molecule has 1 saturated heterocycles. The van der Waals surface area contributed by atoms with E-state index in [9.17, 15) is 8.42 Å². The zero-order chi connectivity index (χ0) is 28.0. The van der Waals surface area contributed by atoms with Crippen molar-refractivity contribution in [3.63, 3.8) is 0 Å². The van der Waals surface area contributed by atoms with Gasteiger partial charge in [-0.2, -0.15) is 4.98 Å². The van der Waals surface area contributed by atoms with Gasteiger partial charge in [0, 0.05) is 25.7 Å². The summed E-state index contributed by atoms with van der Waals surface area (Å²) >= 11 is 6.46. The number of fused-ring (bicyclic) bond motifs is 2. The summed E-state index contributed by atoms with van der Waals surface area (Å²) in [5, 5.41) is 6.76. The molecule has 0 radical (unpaired) electrons. The van der Waals surface area contributed by atoms with Crippen LogP contribution in [0.2, 0.25) is 5.02 Å². The molecule has 2 N–H and O–H groups in total. The Morgan fingerprint density at radius 3 is 2.55 bits per heavy atom. The standard InChI is InChI=1S/C27H32ClN7O4S/c1-33(2)18-10-12-34(13-11-18)22-8-7-21(24-25(22)39-16-38-24)31-27-29-15-19(28)26(32-27)30-20-6-4-5-17-9-14-35(23(17)20)40(3,36)37/h4-8,15,18H,9-14,16H2,1-3H3,(H2,29,30,31,32). The van der Waals surface area contributed by atoms with Crippen molar-refractivity contribution in [2.45, 2.75) is 25.3 Å². The first-order valence-electron chi connectivity index (χ1n) is 13.2. The quantitative estimate of drug-likeness (QED) is 0.418. The topological polar surface area (TPSA) is 112 Å². The zero-order valence-corrected chi connectivity index (χ0v) is 24.2. The number of nitrogens with one attached hydrogen (secondary N) is 2. The maximum Gasteiger partial charge on any atom is 0.232 e. The van der Waals surface area contributed by atoms with Gasteiger partial charge in [0.2, 0.25) is 22.8 Å². The third kappa shape index (κ3) is 5.06. The second kappa shape index (κ2) is 10.5. The summed E-state index contributed by atoms with van der Waals surface area (Å²) in [5.74, 6) is 1.98. The van der Waals surface area contributed by atoms with Gasteiger partial charge in [-0.15, -0.1) is 0 Å². The molecule has 13 heteroatoms. The number of aromatic nitrogens is 2. The molecule has 0 atom stereocenters. The molecule has 4 heterocycles. The molecule has 0 unspecified atom stereocenters. The van der Waals surface area contributed by atoms with Gasteiger partial charge >= 0.3 is 0 Å². The number of benzene rings is 2. The highest BCUT2D eigenvalue weighted by molar-refractivity contribution is 7.92. The fourth-order valence-corrected chi connectivity index (χ4v) is 6.68. The number of hydrogen-bond acceptors (Lipinski definition) is 10. The Labute approximate surface area is 239 Å². The van der Waals surface area contributed by atoms with Crippen LogP contribution >= 0.6 is 11.6 Å². The minimum absolute atomic E-state index is 0.138. The highest BCUT2D eigenvalue weighted by atomic mass is 35.5. The van der Waals surface area contributed by atoms with Crippen LogP contribution in [0.1, 0.15) is 18.4 Å². The number of anilines is 6. The monoisotopic (exact) mass is 585 g/mol. The van der Waals surface area contributed by atoms with Crippen molar-refractivity contribution in [3.05, 3.63) is 47.1 Å². The Kier molecular flexibility index (Phi) is 7.01. The van der Waals surface area contributed by atoms with Gasteiger partial charge in [0.1, 0.15) is 5.02 Å². The number of piperidine rings is 1. The molecule has 11 nitrogen and oxygen atoms in total. The van der Waals surface area contributed by atoms with Crippen LogP contribution in [0.3, 0.4) is 0 Å². The Morgan fingerprint density at radius 1 is 1.02 bits per heavy atom. The summed E-state index contributed by atoms with van der Waals surface area (Å²) in [4.78, 5) is 13.6. The fraction of sp³-hybridized carbons (Fsp3) is 0.407. The van der Waals surface area contributed by atoms with Gasteiger partial charge in [-0.05, 0) is 57.1 Å². The summed E-state index contributed by atoms with van der Waals surface area (Å²) in [5.41, 5.74) is 3.85. The van der Waals surface area contributed by atoms with Crippen molar-refractivity contribution in [3.8, 4) is 11.5 Å². The summed E-state index contributed by atoms with van der Waals surface area (Å²) in [7, 11) is 0.832. The summed E-state index contributed by atoms with van der Waals surface area (Å²) < 4.78 is 37.9. The Hall–Kier alpha value is -3.48. The first kappa shape index (κ1) is 26.7. The second-order valence-electron chi connectivity index (χ2n) is 10.4. The molecule has 1 aromatic heterocycles. The van der Waals surface area contributed by atoms with Crippen molar-refractivity contribution in [1.29, 1.82) is 0 Å². The van der Waals surface area contributed by atoms with E-state index in [0.717, 1.165) is 37.2 Å². The van der Waals surface area contributed by atoms with E-state index >= 15 is 0 Å². The van der Waals surface area contributed by atoms with Crippen molar-refractivity contribution in [2.24, 2.45) is 0 Å². The third-order valence-electron chi connectivity index (χ3n) is 7.63. The van der Waals surface area contributed by atoms with E-state index in [-0.39, 0.29) is 6.79 Å². The Morgan fingerprint density at radius 2 is 1.80 bits per heavy atom. The molecule has 2 aromatic carbocycles. The molecule has 0 aliphatic carbocycles. The minimum atomic E-state index is -3.43. The highest BCUT2D eigenvalue weighted by Gasteiger charge is 2.30. The van der Waals surface area contributed by atoms with Gasteiger partial charge in [-0.3, -0.25) is 4.31 Å². The van der Waals surface area contributed by atoms with Crippen molar-refractivity contribution < 1.29 is 17.9 Å². The molecule has 6 rings (SSSR count). The van der Waals surface area contributed by atoms with Crippen LogP contribution in [0.5, 0.6) is 11.5 Å². The minimum Gasteiger partial charge on any atom is -0.451 e. The fourth-order valence-electron chi connectivity index (χ4n) is 5.57. The first-order chi connectivity index (χ1) is 19.2. The van der Waals surface area contributed by atoms with Crippen LogP contribution in [0.4, 0.5) is 34.5 Å². The normalized spacial score (nSPS) is 16.9. The van der Waals surface area contributed by atoms with Crippen LogP contribution in [0.15, 0.2) is 36.5 Å². The smallest absolute Gasteiger partial charge is 0.232 e. The first-order valence-corrected chi connectivity index (χ1v) is 15.4. The average Bonchev–Trinajstić information content (AvgIpc) is 3.59. The molecule has 3 aliphatic heterocycles. The molecule has 1 fully saturated rings. The lowest BCUT2D eigenvalue weighted by molar-refractivity contribution is 0.174. The van der Waals surface area contributed by atoms with E-state index in [0.29, 0.717) is 64.4 Å². The number of rotatable bonds is 7. The zero-order valence-electron chi connectivity index (χ0n) is 22.6. The summed E-state index contributed by atoms with van der Waals surface area (Å²) in [6, 6.07) is 10.2. The van der Waals surface area contributed by atoms with Gasteiger partial charge in [0.05, 0.1) is 35.2 Å². The number of halogens is 1.